The Hall–Kier alpha value is -2.04. The fourth-order valence-electron chi connectivity index (χ4n) is 2.05. The monoisotopic (exact) mass is 278 g/mol. The van der Waals surface area contributed by atoms with Crippen LogP contribution in [0.2, 0.25) is 0 Å². The molecule has 0 bridgehead atoms. The maximum absolute atomic E-state index is 11.9. The molecule has 0 aromatic heterocycles. The molecule has 0 aliphatic rings. The van der Waals surface area contributed by atoms with Crippen molar-refractivity contribution in [2.24, 2.45) is 0 Å². The number of rotatable bonds is 6. The third kappa shape index (κ3) is 3.98. The van der Waals surface area contributed by atoms with E-state index in [-0.39, 0.29) is 0 Å². The molecule has 0 unspecified atom stereocenters. The Balaban J connectivity index is 2.87. The Bertz CT molecular complexity index is 464. The summed E-state index contributed by atoms with van der Waals surface area (Å²) in [4.78, 5) is 22.9. The van der Waals surface area contributed by atoms with Crippen LogP contribution in [0, 0.1) is 0 Å². The number of hydrogen-bond donors (Lipinski definition) is 3. The van der Waals surface area contributed by atoms with Gasteiger partial charge in [0.1, 0.15) is 6.04 Å². The Labute approximate surface area is 119 Å². The molecule has 1 atom stereocenters. The lowest BCUT2D eigenvalue weighted by atomic mass is 10.0. The first-order chi connectivity index (χ1) is 9.53. The first-order valence-electron chi connectivity index (χ1n) is 6.94. The van der Waals surface area contributed by atoms with Gasteiger partial charge < -0.3 is 15.7 Å². The van der Waals surface area contributed by atoms with Gasteiger partial charge in [-0.15, -0.1) is 0 Å². The van der Waals surface area contributed by atoms with Crippen molar-refractivity contribution in [2.75, 3.05) is 5.32 Å². The van der Waals surface area contributed by atoms with Crippen molar-refractivity contribution in [3.63, 3.8) is 0 Å². The summed E-state index contributed by atoms with van der Waals surface area (Å²) in [5.74, 6) is -1.03. The number of hydrogen-bond acceptors (Lipinski definition) is 2. The topological polar surface area (TPSA) is 78.4 Å². The van der Waals surface area contributed by atoms with E-state index < -0.39 is 18.0 Å². The lowest BCUT2D eigenvalue weighted by Crippen LogP contribution is -2.42. The number of carboxylic acid groups (broad SMARTS) is 1. The molecule has 20 heavy (non-hydrogen) atoms. The van der Waals surface area contributed by atoms with Gasteiger partial charge in [0.25, 0.3) is 0 Å². The van der Waals surface area contributed by atoms with E-state index in [0.717, 1.165) is 29.7 Å². The van der Waals surface area contributed by atoms with Crippen LogP contribution in [0.1, 0.15) is 38.3 Å². The van der Waals surface area contributed by atoms with Crippen LogP contribution in [0.3, 0.4) is 0 Å². The number of amides is 2. The SMILES string of the molecule is CCc1cccc(CC)c1NC(=O)N[C@H](CC)C(=O)O. The van der Waals surface area contributed by atoms with E-state index in [4.69, 9.17) is 5.11 Å². The molecule has 5 nitrogen and oxygen atoms in total. The smallest absolute Gasteiger partial charge is 0.326 e. The molecule has 3 N–H and O–H groups in total. The van der Waals surface area contributed by atoms with E-state index in [1.807, 2.05) is 32.0 Å². The highest BCUT2D eigenvalue weighted by Gasteiger charge is 2.18. The maximum atomic E-state index is 11.9. The van der Waals surface area contributed by atoms with Gasteiger partial charge in [-0.25, -0.2) is 9.59 Å². The molecule has 0 saturated heterocycles. The van der Waals surface area contributed by atoms with Gasteiger partial charge in [0.15, 0.2) is 0 Å². The van der Waals surface area contributed by atoms with Crippen molar-refractivity contribution < 1.29 is 14.7 Å². The second kappa shape index (κ2) is 7.53. The van der Waals surface area contributed by atoms with E-state index in [9.17, 15) is 9.59 Å². The second-order valence-electron chi connectivity index (χ2n) is 4.56. The van der Waals surface area contributed by atoms with Crippen molar-refractivity contribution in [2.45, 2.75) is 46.1 Å². The van der Waals surface area contributed by atoms with E-state index >= 15 is 0 Å². The van der Waals surface area contributed by atoms with Gasteiger partial charge in [-0.05, 0) is 30.4 Å². The van der Waals surface area contributed by atoms with Gasteiger partial charge in [0.2, 0.25) is 0 Å². The zero-order valence-electron chi connectivity index (χ0n) is 12.2. The first-order valence-corrected chi connectivity index (χ1v) is 6.94. The number of benzene rings is 1. The normalized spacial score (nSPS) is 11.8. The number of aliphatic carboxylic acids is 1. The predicted molar refractivity (Wildman–Crippen MR) is 79.1 cm³/mol. The van der Waals surface area contributed by atoms with Gasteiger partial charge in [-0.1, -0.05) is 39.0 Å². The van der Waals surface area contributed by atoms with Crippen molar-refractivity contribution in [3.05, 3.63) is 29.3 Å². The lowest BCUT2D eigenvalue weighted by molar-refractivity contribution is -0.139. The molecule has 0 aliphatic heterocycles. The summed E-state index contributed by atoms with van der Waals surface area (Å²) < 4.78 is 0. The molecule has 1 rings (SSSR count). The third-order valence-corrected chi connectivity index (χ3v) is 3.25. The van der Waals surface area contributed by atoms with E-state index in [2.05, 4.69) is 10.6 Å². The highest BCUT2D eigenvalue weighted by atomic mass is 16.4. The number of anilines is 1. The molecule has 0 saturated carbocycles. The summed E-state index contributed by atoms with van der Waals surface area (Å²) in [6, 6.07) is 4.54. The highest BCUT2D eigenvalue weighted by Crippen LogP contribution is 2.22. The fraction of sp³-hybridized carbons (Fsp3) is 0.467. The molecular weight excluding hydrogens is 256 g/mol. The Kier molecular flexibility index (Phi) is 6.03. The molecule has 2 amide bonds. The van der Waals surface area contributed by atoms with Gasteiger partial charge in [0.05, 0.1) is 0 Å². The van der Waals surface area contributed by atoms with Gasteiger partial charge in [0, 0.05) is 5.69 Å². The minimum absolute atomic E-state index is 0.346. The summed E-state index contributed by atoms with van der Waals surface area (Å²) in [7, 11) is 0. The van der Waals surface area contributed by atoms with Crippen LogP contribution in [-0.4, -0.2) is 23.1 Å². The summed E-state index contributed by atoms with van der Waals surface area (Å²) in [6.07, 6.45) is 1.96. The van der Waals surface area contributed by atoms with Crippen molar-refractivity contribution in [1.29, 1.82) is 0 Å². The van der Waals surface area contributed by atoms with E-state index in [0.29, 0.717) is 6.42 Å². The molecule has 0 fully saturated rings. The Morgan fingerprint density at radius 2 is 1.70 bits per heavy atom. The van der Waals surface area contributed by atoms with Gasteiger partial charge in [-0.2, -0.15) is 0 Å². The minimum Gasteiger partial charge on any atom is -0.480 e. The van der Waals surface area contributed by atoms with Crippen molar-refractivity contribution in [3.8, 4) is 0 Å². The van der Waals surface area contributed by atoms with Crippen LogP contribution in [-0.2, 0) is 17.6 Å². The van der Waals surface area contributed by atoms with Crippen molar-refractivity contribution >= 4 is 17.7 Å². The minimum atomic E-state index is -1.03. The number of nitrogens with one attached hydrogen (secondary N) is 2. The zero-order valence-corrected chi connectivity index (χ0v) is 12.2. The lowest BCUT2D eigenvalue weighted by Gasteiger charge is -2.17. The van der Waals surface area contributed by atoms with Crippen molar-refractivity contribution in [1.82, 2.24) is 5.32 Å². The fourth-order valence-corrected chi connectivity index (χ4v) is 2.05. The third-order valence-electron chi connectivity index (χ3n) is 3.25. The molecule has 1 aromatic carbocycles. The van der Waals surface area contributed by atoms with Crippen LogP contribution < -0.4 is 10.6 Å². The summed E-state index contributed by atoms with van der Waals surface area (Å²) in [6.45, 7) is 5.75. The molecule has 1 aromatic rings. The average Bonchev–Trinajstić information content (AvgIpc) is 2.44. The molecule has 110 valence electrons. The quantitative estimate of drug-likeness (QED) is 0.748. The average molecular weight is 278 g/mol. The summed E-state index contributed by atoms with van der Waals surface area (Å²) in [5, 5.41) is 14.2. The molecule has 0 heterocycles. The largest absolute Gasteiger partial charge is 0.480 e. The molecule has 5 heteroatoms. The molecule has 0 radical (unpaired) electrons. The zero-order chi connectivity index (χ0) is 15.1. The summed E-state index contributed by atoms with van der Waals surface area (Å²) in [5.41, 5.74) is 2.88. The second-order valence-corrected chi connectivity index (χ2v) is 4.56. The number of carbonyl (C=O) groups excluding carboxylic acids is 1. The standard InChI is InChI=1S/C15H22N2O3/c1-4-10-8-7-9-11(5-2)13(10)17-15(20)16-12(6-3)14(18)19/h7-9,12H,4-6H2,1-3H3,(H,18,19)(H2,16,17,20)/t12-/m1/s1. The predicted octanol–water partition coefficient (Wildman–Crippen LogP) is 2.80. The van der Waals surface area contributed by atoms with Crippen LogP contribution in [0.25, 0.3) is 0 Å². The first kappa shape index (κ1) is 16.0. The maximum Gasteiger partial charge on any atom is 0.326 e. The van der Waals surface area contributed by atoms with E-state index in [1.165, 1.54) is 0 Å². The number of para-hydroxylation sites is 1. The van der Waals surface area contributed by atoms with Crippen LogP contribution >= 0.6 is 0 Å². The van der Waals surface area contributed by atoms with Gasteiger partial charge in [-0.3, -0.25) is 0 Å². The molecular formula is C15H22N2O3. The Morgan fingerprint density at radius 3 is 2.10 bits per heavy atom. The Morgan fingerprint density at radius 1 is 1.15 bits per heavy atom. The van der Waals surface area contributed by atoms with Crippen LogP contribution in [0.4, 0.5) is 10.5 Å². The van der Waals surface area contributed by atoms with Crippen LogP contribution in [0.5, 0.6) is 0 Å². The number of urea groups is 1. The van der Waals surface area contributed by atoms with Crippen LogP contribution in [0.15, 0.2) is 18.2 Å². The van der Waals surface area contributed by atoms with Gasteiger partial charge >= 0.3 is 12.0 Å². The number of carbonyl (C=O) groups is 2. The number of carboxylic acids is 1. The number of aryl methyl sites for hydroxylation is 2. The summed E-state index contributed by atoms with van der Waals surface area (Å²) >= 11 is 0. The molecule has 0 aliphatic carbocycles. The van der Waals surface area contributed by atoms with E-state index in [1.54, 1.807) is 6.92 Å². The molecule has 0 spiro atoms. The highest BCUT2D eigenvalue weighted by molar-refractivity contribution is 5.93.